The number of methoxy groups -OCH3 is 1. The molecule has 1 saturated heterocycles. The van der Waals surface area contributed by atoms with Crippen molar-refractivity contribution in [3.63, 3.8) is 0 Å². The van der Waals surface area contributed by atoms with Crippen LogP contribution in [0, 0.1) is 0 Å². The van der Waals surface area contributed by atoms with Crippen LogP contribution in [0.25, 0.3) is 0 Å². The van der Waals surface area contributed by atoms with E-state index in [4.69, 9.17) is 14.2 Å². The minimum atomic E-state index is -0.616. The quantitative estimate of drug-likeness (QED) is 0.765. The Morgan fingerprint density at radius 2 is 2.17 bits per heavy atom. The van der Waals surface area contributed by atoms with Crippen LogP contribution in [0.4, 0.5) is 0 Å². The maximum atomic E-state index is 11.4. The van der Waals surface area contributed by atoms with Crippen molar-refractivity contribution in [2.24, 2.45) is 0 Å². The molecule has 1 heterocycles. The normalized spacial score (nSPS) is 22.9. The third kappa shape index (κ3) is 4.93. The number of β-amino-alcohol motifs (C(OH)–C–C–N with tert-alkyl or cyclic N) is 1. The highest BCUT2D eigenvalue weighted by Gasteiger charge is 2.25. The zero-order valence-electron chi connectivity index (χ0n) is 14.8. The summed E-state index contributed by atoms with van der Waals surface area (Å²) in [5.74, 6) is 0.975. The highest BCUT2D eigenvalue weighted by Crippen LogP contribution is 2.28. The zero-order chi connectivity index (χ0) is 17.7. The minimum Gasteiger partial charge on any atom is -0.493 e. The Balaban J connectivity index is 1.91. The van der Waals surface area contributed by atoms with E-state index in [0.717, 1.165) is 6.54 Å². The molecule has 0 aliphatic carbocycles. The Morgan fingerprint density at radius 1 is 1.42 bits per heavy atom. The molecule has 0 spiro atoms. The Bertz CT molecular complexity index is 562. The van der Waals surface area contributed by atoms with Crippen molar-refractivity contribution < 1.29 is 24.1 Å². The van der Waals surface area contributed by atoms with E-state index in [1.807, 2.05) is 6.92 Å². The van der Waals surface area contributed by atoms with Gasteiger partial charge < -0.3 is 19.3 Å². The summed E-state index contributed by atoms with van der Waals surface area (Å²) >= 11 is 0. The molecular formula is C18H27NO5. The summed E-state index contributed by atoms with van der Waals surface area (Å²) in [6, 6.07) is 5.32. The van der Waals surface area contributed by atoms with Crippen LogP contribution in [0.1, 0.15) is 31.1 Å². The molecule has 3 atom stereocenters. The largest absolute Gasteiger partial charge is 0.493 e. The van der Waals surface area contributed by atoms with Gasteiger partial charge >= 0.3 is 0 Å². The number of Topliss-reactive ketones (excluding diaryl/α,β-unsaturated/α-hetero) is 1. The van der Waals surface area contributed by atoms with Gasteiger partial charge in [-0.3, -0.25) is 9.69 Å². The Morgan fingerprint density at radius 3 is 2.83 bits per heavy atom. The molecule has 0 unspecified atom stereocenters. The van der Waals surface area contributed by atoms with Crippen molar-refractivity contribution in [3.8, 4) is 11.5 Å². The molecule has 1 aliphatic heterocycles. The maximum absolute atomic E-state index is 11.4. The molecule has 6 heteroatoms. The molecule has 1 aromatic carbocycles. The molecule has 24 heavy (non-hydrogen) atoms. The predicted molar refractivity (Wildman–Crippen MR) is 90.9 cm³/mol. The standard InChI is InChI=1S/C18H27NO5/c1-12-10-23-13(2)8-19(12)9-16(21)11-24-17-6-5-15(14(3)20)7-18(17)22-4/h5-7,12-13,16,21H,8-11H2,1-4H3/t12-,13-,16+/m0/s1. The molecule has 1 N–H and O–H groups in total. The van der Waals surface area contributed by atoms with Gasteiger partial charge in [-0.1, -0.05) is 0 Å². The van der Waals surface area contributed by atoms with Gasteiger partial charge in [0.15, 0.2) is 17.3 Å². The van der Waals surface area contributed by atoms with E-state index in [-0.39, 0.29) is 24.5 Å². The molecule has 2 rings (SSSR count). The number of morpholine rings is 1. The van der Waals surface area contributed by atoms with E-state index >= 15 is 0 Å². The van der Waals surface area contributed by atoms with Crippen LogP contribution in [0.15, 0.2) is 18.2 Å². The van der Waals surface area contributed by atoms with Gasteiger partial charge in [-0.25, -0.2) is 0 Å². The fourth-order valence-electron chi connectivity index (χ4n) is 2.74. The number of hydrogen-bond donors (Lipinski definition) is 1. The van der Waals surface area contributed by atoms with Crippen molar-refractivity contribution in [1.82, 2.24) is 4.90 Å². The topological polar surface area (TPSA) is 68.2 Å². The van der Waals surface area contributed by atoms with Gasteiger partial charge in [-0.05, 0) is 39.0 Å². The first-order valence-corrected chi connectivity index (χ1v) is 8.26. The van der Waals surface area contributed by atoms with E-state index < -0.39 is 6.10 Å². The summed E-state index contributed by atoms with van der Waals surface area (Å²) in [5, 5.41) is 10.3. The molecule has 0 amide bonds. The minimum absolute atomic E-state index is 0.0321. The average Bonchev–Trinajstić information content (AvgIpc) is 2.56. The zero-order valence-corrected chi connectivity index (χ0v) is 14.8. The number of rotatable bonds is 7. The third-order valence-electron chi connectivity index (χ3n) is 4.18. The number of hydrogen-bond acceptors (Lipinski definition) is 6. The van der Waals surface area contributed by atoms with Crippen LogP contribution in [-0.4, -0.2) is 67.5 Å². The van der Waals surface area contributed by atoms with E-state index in [1.54, 1.807) is 18.2 Å². The molecule has 0 bridgehead atoms. The molecule has 134 valence electrons. The lowest BCUT2D eigenvalue weighted by Gasteiger charge is -2.37. The Hall–Kier alpha value is -1.63. The first-order valence-electron chi connectivity index (χ1n) is 8.26. The summed E-state index contributed by atoms with van der Waals surface area (Å²) in [5.41, 5.74) is 0.566. The average molecular weight is 337 g/mol. The first-order chi connectivity index (χ1) is 11.4. The van der Waals surface area contributed by atoms with Gasteiger partial charge in [-0.15, -0.1) is 0 Å². The lowest BCUT2D eigenvalue weighted by atomic mass is 10.1. The molecule has 0 saturated carbocycles. The number of aliphatic hydroxyl groups excluding tert-OH is 1. The van der Waals surface area contributed by atoms with Crippen LogP contribution in [0.2, 0.25) is 0 Å². The van der Waals surface area contributed by atoms with Gasteiger partial charge in [0.1, 0.15) is 12.7 Å². The second-order valence-electron chi connectivity index (χ2n) is 6.33. The van der Waals surface area contributed by atoms with E-state index in [1.165, 1.54) is 14.0 Å². The highest BCUT2D eigenvalue weighted by molar-refractivity contribution is 5.94. The summed E-state index contributed by atoms with van der Waals surface area (Å²) in [7, 11) is 1.53. The fourth-order valence-corrected chi connectivity index (χ4v) is 2.74. The van der Waals surface area contributed by atoms with Crippen LogP contribution in [0.5, 0.6) is 11.5 Å². The summed E-state index contributed by atoms with van der Waals surface area (Å²) in [6.07, 6.45) is -0.441. The SMILES string of the molecule is COc1cc(C(C)=O)ccc1OC[C@H](O)CN1C[C@H](C)OC[C@@H]1C. The molecule has 0 aromatic heterocycles. The highest BCUT2D eigenvalue weighted by atomic mass is 16.5. The number of benzene rings is 1. The lowest BCUT2D eigenvalue weighted by molar-refractivity contribution is -0.0650. The molecule has 1 aliphatic rings. The van der Waals surface area contributed by atoms with Gasteiger partial charge in [-0.2, -0.15) is 0 Å². The monoisotopic (exact) mass is 337 g/mol. The van der Waals surface area contributed by atoms with Crippen molar-refractivity contribution in [3.05, 3.63) is 23.8 Å². The van der Waals surface area contributed by atoms with E-state index in [0.29, 0.717) is 30.2 Å². The summed E-state index contributed by atoms with van der Waals surface area (Å²) in [6.45, 7) is 7.79. The van der Waals surface area contributed by atoms with E-state index in [9.17, 15) is 9.90 Å². The van der Waals surface area contributed by atoms with E-state index in [2.05, 4.69) is 11.8 Å². The molecule has 1 aromatic rings. The lowest BCUT2D eigenvalue weighted by Crippen LogP contribution is -2.50. The predicted octanol–water partition coefficient (Wildman–Crippen LogP) is 1.75. The van der Waals surface area contributed by atoms with Gasteiger partial charge in [0.25, 0.3) is 0 Å². The Labute approximate surface area is 143 Å². The number of carbonyl (C=O) groups is 1. The number of nitrogens with zero attached hydrogens (tertiary/aromatic N) is 1. The van der Waals surface area contributed by atoms with Crippen LogP contribution < -0.4 is 9.47 Å². The van der Waals surface area contributed by atoms with Crippen LogP contribution in [0.3, 0.4) is 0 Å². The number of ketones is 1. The van der Waals surface area contributed by atoms with Crippen molar-refractivity contribution in [2.45, 2.75) is 39.0 Å². The fraction of sp³-hybridized carbons (Fsp3) is 0.611. The van der Waals surface area contributed by atoms with Gasteiger partial charge in [0, 0.05) is 24.7 Å². The number of aliphatic hydroxyl groups is 1. The van der Waals surface area contributed by atoms with Crippen molar-refractivity contribution >= 4 is 5.78 Å². The van der Waals surface area contributed by atoms with Crippen molar-refractivity contribution in [2.75, 3.05) is 33.4 Å². The van der Waals surface area contributed by atoms with Gasteiger partial charge in [0.2, 0.25) is 0 Å². The molecular weight excluding hydrogens is 310 g/mol. The molecule has 1 fully saturated rings. The smallest absolute Gasteiger partial charge is 0.161 e. The maximum Gasteiger partial charge on any atom is 0.161 e. The first kappa shape index (κ1) is 18.7. The van der Waals surface area contributed by atoms with Crippen LogP contribution in [-0.2, 0) is 4.74 Å². The Kier molecular flexibility index (Phi) is 6.60. The molecule has 0 radical (unpaired) electrons. The second kappa shape index (κ2) is 8.46. The molecule has 6 nitrogen and oxygen atoms in total. The number of carbonyl (C=O) groups excluding carboxylic acids is 1. The third-order valence-corrected chi connectivity index (χ3v) is 4.18. The second-order valence-corrected chi connectivity index (χ2v) is 6.33. The van der Waals surface area contributed by atoms with Gasteiger partial charge in [0.05, 0.1) is 19.8 Å². The van der Waals surface area contributed by atoms with Crippen LogP contribution >= 0.6 is 0 Å². The number of ether oxygens (including phenoxy) is 3. The summed E-state index contributed by atoms with van der Waals surface area (Å²) < 4.78 is 16.5. The summed E-state index contributed by atoms with van der Waals surface area (Å²) in [4.78, 5) is 13.6. The van der Waals surface area contributed by atoms with Crippen molar-refractivity contribution in [1.29, 1.82) is 0 Å².